The number of carboxylic acids is 1. The number of aliphatic carboxylic acids is 1. The third kappa shape index (κ3) is 20.7. The van der Waals surface area contributed by atoms with Crippen molar-refractivity contribution in [2.24, 2.45) is 22.4 Å². The predicted molar refractivity (Wildman–Crippen MR) is 247 cm³/mol. The highest BCUT2D eigenvalue weighted by atomic mass is 18.2. The van der Waals surface area contributed by atoms with Gasteiger partial charge >= 0.3 is 5.97 Å². The average molecular weight is 1010 g/mol. The SMILES string of the molecule is CC[18F].NC(N)=NCCC[C@@H]1NC(=O)[C@H](CCCCNC(=O)[C@H]2O[C@@H](CNC(=O)Cn3cc(CCC[18F])nn3)[C@H](O)[C@@H](O)[C@H]2O)NC(=O)[C@@H](Cc2ccccc2)CC(=O)[C@H](CC(=O)O)NC(=O)CNC1=O. The number of carboxylic acid groups (broad SMARTS) is 1. The number of hydrogen-bond acceptors (Lipinski definition) is 15. The first-order valence-corrected chi connectivity index (χ1v) is 23.1. The fourth-order valence-corrected chi connectivity index (χ4v) is 7.42. The number of carbonyl (C=O) groups excluding carboxylic acids is 7. The van der Waals surface area contributed by atoms with Crippen LogP contribution >= 0.6 is 0 Å². The maximum atomic E-state index is 14.1. The van der Waals surface area contributed by atoms with E-state index >= 15 is 0 Å². The molecule has 2 aliphatic heterocycles. The number of nitrogens with one attached hydrogen (secondary N) is 6. The molecule has 9 atom stereocenters. The van der Waals surface area contributed by atoms with Gasteiger partial charge in [0.05, 0.1) is 38.1 Å². The van der Waals surface area contributed by atoms with Crippen LogP contribution in [0.2, 0.25) is 0 Å². The van der Waals surface area contributed by atoms with Gasteiger partial charge in [-0.2, -0.15) is 0 Å². The Morgan fingerprint density at radius 3 is 2.23 bits per heavy atom. The minimum Gasteiger partial charge on any atom is -0.481 e. The second kappa shape index (κ2) is 30.8. The van der Waals surface area contributed by atoms with Crippen molar-refractivity contribution in [3.8, 4) is 0 Å². The molecule has 2 saturated heterocycles. The van der Waals surface area contributed by atoms with Gasteiger partial charge in [0.25, 0.3) is 5.91 Å². The molecule has 71 heavy (non-hydrogen) atoms. The zero-order chi connectivity index (χ0) is 52.5. The van der Waals surface area contributed by atoms with Gasteiger partial charge in [-0.25, -0.2) is 4.68 Å². The molecule has 0 unspecified atom stereocenters. The number of aliphatic hydroxyl groups is 3. The maximum absolute atomic E-state index is 14.1. The number of nitrogens with two attached hydrogens (primary N) is 2. The number of ether oxygens (including phenoxy) is 1. The largest absolute Gasteiger partial charge is 0.481 e. The van der Waals surface area contributed by atoms with Gasteiger partial charge in [0, 0.05) is 38.2 Å². The van der Waals surface area contributed by atoms with Gasteiger partial charge < -0.3 is 68.5 Å². The number of alkyl halides is 2. The van der Waals surface area contributed by atoms with Crippen LogP contribution in [-0.2, 0) is 62.5 Å². The number of ketones is 1. The summed E-state index contributed by atoms with van der Waals surface area (Å²) in [7, 11) is 0. The number of guanidine groups is 1. The van der Waals surface area contributed by atoms with Gasteiger partial charge in [0.2, 0.25) is 29.5 Å². The molecule has 0 bridgehead atoms. The van der Waals surface area contributed by atoms with Gasteiger partial charge in [-0.05, 0) is 63.9 Å². The van der Waals surface area contributed by atoms with E-state index in [-0.39, 0.29) is 83.8 Å². The molecule has 0 saturated carbocycles. The highest BCUT2D eigenvalue weighted by Crippen LogP contribution is 2.22. The van der Waals surface area contributed by atoms with Crippen LogP contribution in [0.15, 0.2) is 41.5 Å². The fourth-order valence-electron chi connectivity index (χ4n) is 7.42. The average Bonchev–Trinajstić information content (AvgIpc) is 3.78. The Morgan fingerprint density at radius 1 is 0.873 bits per heavy atom. The number of aliphatic hydroxyl groups excluding tert-OH is 3. The Bertz CT molecular complexity index is 2100. The minimum atomic E-state index is -1.86. The number of carbonyl (C=O) groups is 8. The van der Waals surface area contributed by atoms with Crippen LogP contribution in [0, 0.1) is 5.92 Å². The van der Waals surface area contributed by atoms with E-state index in [1.165, 1.54) is 17.8 Å². The van der Waals surface area contributed by atoms with Crippen molar-refractivity contribution in [2.45, 2.75) is 126 Å². The summed E-state index contributed by atoms with van der Waals surface area (Å²) in [6, 6.07) is 4.42. The molecule has 2 aliphatic rings. The van der Waals surface area contributed by atoms with Crippen LogP contribution in [0.1, 0.15) is 69.5 Å². The van der Waals surface area contributed by atoms with E-state index in [0.29, 0.717) is 17.7 Å². The van der Waals surface area contributed by atoms with Crippen LogP contribution in [-0.4, -0.2) is 177 Å². The number of Topliss-reactive ketones (excluding diaryl/α,β-unsaturated/α-hetero) is 1. The molecule has 0 aliphatic carbocycles. The molecule has 394 valence electrons. The fraction of sp³-hybridized carbons (Fsp3) is 0.614. The van der Waals surface area contributed by atoms with E-state index in [2.05, 4.69) is 47.2 Å². The molecule has 0 radical (unpaired) electrons. The van der Waals surface area contributed by atoms with Gasteiger partial charge in [-0.1, -0.05) is 35.5 Å². The zero-order valence-electron chi connectivity index (χ0n) is 39.3. The summed E-state index contributed by atoms with van der Waals surface area (Å²) in [5.41, 5.74) is 12.0. The highest BCUT2D eigenvalue weighted by molar-refractivity contribution is 5.98. The van der Waals surface area contributed by atoms with Crippen molar-refractivity contribution in [3.63, 3.8) is 0 Å². The first-order chi connectivity index (χ1) is 33.9. The molecule has 1 aromatic carbocycles. The number of rotatable bonds is 21. The molecule has 4 rings (SSSR count). The van der Waals surface area contributed by atoms with Gasteiger partial charge in [0.15, 0.2) is 17.8 Å². The zero-order valence-corrected chi connectivity index (χ0v) is 39.3. The van der Waals surface area contributed by atoms with Gasteiger partial charge in [-0.3, -0.25) is 52.1 Å². The highest BCUT2D eigenvalue weighted by Gasteiger charge is 2.46. The molecular formula is C44H66F2N12O13. The van der Waals surface area contributed by atoms with E-state index < -0.39 is 128 Å². The summed E-state index contributed by atoms with van der Waals surface area (Å²) < 4.78 is 29.6. The first kappa shape index (κ1) is 58.6. The van der Waals surface area contributed by atoms with Crippen LogP contribution in [0.25, 0.3) is 0 Å². The van der Waals surface area contributed by atoms with E-state index in [9.17, 15) is 67.6 Å². The summed E-state index contributed by atoms with van der Waals surface area (Å²) >= 11 is 0. The molecule has 0 spiro atoms. The third-order valence-corrected chi connectivity index (χ3v) is 11.0. The van der Waals surface area contributed by atoms with Crippen molar-refractivity contribution in [3.05, 3.63) is 47.8 Å². The molecule has 25 nitrogen and oxygen atoms in total. The Balaban J connectivity index is 0.00000432. The molecule has 27 heteroatoms. The van der Waals surface area contributed by atoms with Crippen LogP contribution in [0.4, 0.5) is 8.78 Å². The Morgan fingerprint density at radius 2 is 1.55 bits per heavy atom. The number of hydrogen-bond donors (Lipinski definition) is 12. The van der Waals surface area contributed by atoms with Gasteiger partial charge in [0.1, 0.15) is 43.0 Å². The Hall–Kier alpha value is -6.71. The number of aromatic nitrogens is 3. The van der Waals surface area contributed by atoms with Crippen molar-refractivity contribution in [2.75, 3.05) is 39.5 Å². The number of unbranched alkanes of at least 4 members (excludes halogenated alkanes) is 1. The van der Waals surface area contributed by atoms with Crippen LogP contribution < -0.4 is 43.4 Å². The molecule has 6 amide bonds. The second-order valence-corrected chi connectivity index (χ2v) is 16.7. The number of amides is 6. The van der Waals surface area contributed by atoms with Crippen molar-refractivity contribution < 1.29 is 72.3 Å². The number of aliphatic imine (C=N–C) groups is 1. The quantitative estimate of drug-likeness (QED) is 0.0326. The monoisotopic (exact) mass is 1010 g/mol. The lowest BCUT2D eigenvalue weighted by Gasteiger charge is -2.40. The molecular weight excluding hydrogens is 941 g/mol. The summed E-state index contributed by atoms with van der Waals surface area (Å²) in [6.07, 6.45) is -7.32. The molecule has 3 heterocycles. The molecule has 14 N–H and O–H groups in total. The predicted octanol–water partition coefficient (Wildman–Crippen LogP) is -3.66. The Kier molecular flexibility index (Phi) is 25.4. The van der Waals surface area contributed by atoms with E-state index in [1.54, 1.807) is 30.3 Å². The van der Waals surface area contributed by atoms with Crippen molar-refractivity contribution in [1.29, 1.82) is 0 Å². The van der Waals surface area contributed by atoms with E-state index in [0.717, 1.165) is 0 Å². The number of benzene rings is 1. The van der Waals surface area contributed by atoms with Crippen LogP contribution in [0.5, 0.6) is 0 Å². The number of aryl methyl sites for hydroxylation is 1. The van der Waals surface area contributed by atoms with Gasteiger partial charge in [-0.15, -0.1) is 5.10 Å². The lowest BCUT2D eigenvalue weighted by molar-refractivity contribution is -0.219. The summed E-state index contributed by atoms with van der Waals surface area (Å²) in [5.74, 6) is -8.27. The summed E-state index contributed by atoms with van der Waals surface area (Å²) in [4.78, 5) is 109. The smallest absolute Gasteiger partial charge is 0.305 e. The van der Waals surface area contributed by atoms with E-state index in [4.69, 9.17) is 16.2 Å². The van der Waals surface area contributed by atoms with E-state index in [1.807, 2.05) is 0 Å². The van der Waals surface area contributed by atoms with Crippen molar-refractivity contribution in [1.82, 2.24) is 46.9 Å². The normalized spacial score (nSPS) is 24.3. The first-order valence-electron chi connectivity index (χ1n) is 23.1. The van der Waals surface area contributed by atoms with Crippen molar-refractivity contribution >= 4 is 53.2 Å². The summed E-state index contributed by atoms with van der Waals surface area (Å²) in [6.45, 7) is -0.673. The summed E-state index contributed by atoms with van der Waals surface area (Å²) in [5, 5.41) is 64.1. The topological polar surface area (TPSA) is 394 Å². The third-order valence-electron chi connectivity index (χ3n) is 11.0. The number of nitrogens with zero attached hydrogens (tertiary/aromatic N) is 4. The molecule has 2 aromatic rings. The standard InChI is InChI=1S/C42H61FN12O13.C2H5F/c43-13-6-10-25-21-55(54-53-25)22-32(58)48-19-30-34(61)35(62)36(63)37(68-30)41(67)46-14-5-4-11-27-40(66)52-26(12-7-15-47-42(44)45)39(65)49-20-31(57)50-28(18-33(59)60)29(56)17-24(38(64)51-27)16-23-8-2-1-3-9-23;1-2-3/h1-3,8-9,21,24,26-28,30,34-37,61-63H,4-7,10-20,22H2,(H,46,67)(H,48,58)(H,49,65)(H,50,57)(H,51,64)(H,52,66)(H,59,60)(H4,44,45,47);2H2,1H3/t24-,26-,27-,28-,30-,34-,35+,36+,37-;/m0./s1/i43-1;3-1. The molecule has 1 aromatic heterocycles. The Labute approximate surface area is 407 Å². The molecule has 2 fully saturated rings. The lowest BCUT2D eigenvalue weighted by Crippen LogP contribution is -2.63. The van der Waals surface area contributed by atoms with Crippen LogP contribution in [0.3, 0.4) is 0 Å². The number of halogens is 2. The maximum Gasteiger partial charge on any atom is 0.305 e. The minimum absolute atomic E-state index is 0.0126. The second-order valence-electron chi connectivity index (χ2n) is 16.7. The lowest BCUT2D eigenvalue weighted by atomic mass is 9.90.